The maximum atomic E-state index is 5.71. The van der Waals surface area contributed by atoms with Gasteiger partial charge in [0.25, 0.3) is 0 Å². The van der Waals surface area contributed by atoms with Crippen molar-refractivity contribution in [2.75, 3.05) is 0 Å². The van der Waals surface area contributed by atoms with Crippen LogP contribution < -0.4 is 4.74 Å². The number of ether oxygens (including phenoxy) is 1. The summed E-state index contributed by atoms with van der Waals surface area (Å²) in [7, 11) is 0. The molecule has 17 heavy (non-hydrogen) atoms. The molecule has 0 radical (unpaired) electrons. The number of hydrogen-bond acceptors (Lipinski definition) is 2. The lowest BCUT2D eigenvalue weighted by atomic mass is 10.1. The van der Waals surface area contributed by atoms with Crippen molar-refractivity contribution in [2.45, 2.75) is 20.5 Å². The average Bonchev–Trinajstić information content (AvgIpc) is 2.32. The molecule has 2 rings (SSSR count). The van der Waals surface area contributed by atoms with E-state index in [1.807, 2.05) is 6.07 Å². The molecule has 0 aliphatic heterocycles. The van der Waals surface area contributed by atoms with Gasteiger partial charge in [0, 0.05) is 0 Å². The fourth-order valence-corrected chi connectivity index (χ4v) is 1.68. The predicted octanol–water partition coefficient (Wildman–Crippen LogP) is 3.93. The van der Waals surface area contributed by atoms with Crippen LogP contribution in [0.5, 0.6) is 5.75 Å². The Hall–Kier alpha value is -1.54. The zero-order chi connectivity index (χ0) is 12.3. The van der Waals surface area contributed by atoms with Gasteiger partial charge >= 0.3 is 0 Å². The van der Waals surface area contributed by atoms with Crippen LogP contribution in [0.1, 0.15) is 16.7 Å². The molecule has 0 saturated carbocycles. The van der Waals surface area contributed by atoms with Crippen LogP contribution >= 0.6 is 11.6 Å². The van der Waals surface area contributed by atoms with E-state index in [4.69, 9.17) is 16.3 Å². The van der Waals surface area contributed by atoms with E-state index in [0.29, 0.717) is 11.8 Å². The molecule has 0 amide bonds. The first-order chi connectivity index (χ1) is 8.15. The lowest BCUT2D eigenvalue weighted by Gasteiger charge is -2.09. The Balaban J connectivity index is 2.07. The minimum absolute atomic E-state index is 0.476. The van der Waals surface area contributed by atoms with E-state index in [-0.39, 0.29) is 0 Å². The molecule has 1 aromatic heterocycles. The molecule has 0 saturated heterocycles. The molecule has 1 heterocycles. The number of benzene rings is 1. The number of aryl methyl sites for hydroxylation is 2. The van der Waals surface area contributed by atoms with Crippen molar-refractivity contribution in [3.63, 3.8) is 0 Å². The monoisotopic (exact) mass is 247 g/mol. The van der Waals surface area contributed by atoms with Gasteiger partial charge in [-0.05, 0) is 37.1 Å². The van der Waals surface area contributed by atoms with Crippen molar-refractivity contribution in [3.05, 3.63) is 58.4 Å². The summed E-state index contributed by atoms with van der Waals surface area (Å²) in [4.78, 5) is 3.97. The van der Waals surface area contributed by atoms with Crippen LogP contribution in [0.15, 0.2) is 36.5 Å². The maximum absolute atomic E-state index is 5.71. The Kier molecular flexibility index (Phi) is 3.64. The molecular formula is C14H14ClNO. The molecule has 0 aliphatic carbocycles. The topological polar surface area (TPSA) is 22.1 Å². The number of rotatable bonds is 3. The Morgan fingerprint density at radius 2 is 2.00 bits per heavy atom. The molecule has 0 atom stereocenters. The highest BCUT2D eigenvalue weighted by Gasteiger charge is 2.00. The summed E-state index contributed by atoms with van der Waals surface area (Å²) in [6, 6.07) is 9.88. The minimum atomic E-state index is 0.476. The van der Waals surface area contributed by atoms with Gasteiger partial charge in [-0.3, -0.25) is 0 Å². The van der Waals surface area contributed by atoms with E-state index >= 15 is 0 Å². The molecular weight excluding hydrogens is 234 g/mol. The fourth-order valence-electron chi connectivity index (χ4n) is 1.56. The second-order valence-electron chi connectivity index (χ2n) is 4.04. The van der Waals surface area contributed by atoms with Gasteiger partial charge in [0.1, 0.15) is 17.5 Å². The first kappa shape index (κ1) is 11.9. The standard InChI is InChI=1S/C14H14ClNO/c1-10-3-4-11(2)12(7-10)9-17-13-5-6-14(15)16-8-13/h3-8H,9H2,1-2H3. The third-order valence-electron chi connectivity index (χ3n) is 2.60. The van der Waals surface area contributed by atoms with Crippen LogP contribution in [0.25, 0.3) is 0 Å². The van der Waals surface area contributed by atoms with Gasteiger partial charge < -0.3 is 4.74 Å². The van der Waals surface area contributed by atoms with E-state index in [0.717, 1.165) is 5.75 Å². The zero-order valence-electron chi connectivity index (χ0n) is 9.90. The van der Waals surface area contributed by atoms with E-state index in [2.05, 4.69) is 37.0 Å². The predicted molar refractivity (Wildman–Crippen MR) is 69.5 cm³/mol. The van der Waals surface area contributed by atoms with Gasteiger partial charge in [-0.25, -0.2) is 4.98 Å². The summed E-state index contributed by atoms with van der Waals surface area (Å²) < 4.78 is 5.66. The highest BCUT2D eigenvalue weighted by Crippen LogP contribution is 2.16. The Morgan fingerprint density at radius 1 is 1.18 bits per heavy atom. The Morgan fingerprint density at radius 3 is 2.71 bits per heavy atom. The molecule has 0 spiro atoms. The molecule has 0 bridgehead atoms. The zero-order valence-corrected chi connectivity index (χ0v) is 10.7. The summed E-state index contributed by atoms with van der Waals surface area (Å²) >= 11 is 5.71. The molecule has 2 aromatic rings. The Bertz CT molecular complexity index is 508. The Labute approximate surface area is 106 Å². The quantitative estimate of drug-likeness (QED) is 0.767. The summed E-state index contributed by atoms with van der Waals surface area (Å²) in [5, 5.41) is 0.476. The number of pyridine rings is 1. The molecule has 3 heteroatoms. The van der Waals surface area contributed by atoms with Crippen molar-refractivity contribution in [3.8, 4) is 5.75 Å². The van der Waals surface area contributed by atoms with Gasteiger partial charge in [0.15, 0.2) is 0 Å². The number of aromatic nitrogens is 1. The fraction of sp³-hybridized carbons (Fsp3) is 0.214. The maximum Gasteiger partial charge on any atom is 0.138 e. The van der Waals surface area contributed by atoms with E-state index in [1.165, 1.54) is 16.7 Å². The molecule has 1 aromatic carbocycles. The van der Waals surface area contributed by atoms with Gasteiger partial charge in [0.05, 0.1) is 6.20 Å². The first-order valence-electron chi connectivity index (χ1n) is 5.45. The molecule has 88 valence electrons. The second kappa shape index (κ2) is 5.19. The van der Waals surface area contributed by atoms with Crippen LogP contribution in [0.2, 0.25) is 5.15 Å². The van der Waals surface area contributed by atoms with Crippen molar-refractivity contribution in [1.82, 2.24) is 4.98 Å². The van der Waals surface area contributed by atoms with Crippen molar-refractivity contribution < 1.29 is 4.74 Å². The lowest BCUT2D eigenvalue weighted by Crippen LogP contribution is -1.98. The number of nitrogens with zero attached hydrogens (tertiary/aromatic N) is 1. The van der Waals surface area contributed by atoms with Crippen molar-refractivity contribution in [2.24, 2.45) is 0 Å². The van der Waals surface area contributed by atoms with Gasteiger partial charge in [-0.15, -0.1) is 0 Å². The normalized spacial score (nSPS) is 10.3. The van der Waals surface area contributed by atoms with Gasteiger partial charge in [-0.2, -0.15) is 0 Å². The summed E-state index contributed by atoms with van der Waals surface area (Å²) in [5.41, 5.74) is 3.67. The van der Waals surface area contributed by atoms with E-state index in [9.17, 15) is 0 Å². The van der Waals surface area contributed by atoms with Crippen LogP contribution in [0, 0.1) is 13.8 Å². The molecule has 2 nitrogen and oxygen atoms in total. The van der Waals surface area contributed by atoms with E-state index < -0.39 is 0 Å². The van der Waals surface area contributed by atoms with Crippen LogP contribution in [0.3, 0.4) is 0 Å². The van der Waals surface area contributed by atoms with E-state index in [1.54, 1.807) is 12.3 Å². The largest absolute Gasteiger partial charge is 0.487 e. The van der Waals surface area contributed by atoms with Gasteiger partial charge in [0.2, 0.25) is 0 Å². The third kappa shape index (κ3) is 3.21. The highest BCUT2D eigenvalue weighted by atomic mass is 35.5. The second-order valence-corrected chi connectivity index (χ2v) is 4.42. The summed E-state index contributed by atoms with van der Waals surface area (Å²) in [5.74, 6) is 0.732. The number of halogens is 1. The average molecular weight is 248 g/mol. The van der Waals surface area contributed by atoms with Crippen molar-refractivity contribution in [1.29, 1.82) is 0 Å². The minimum Gasteiger partial charge on any atom is -0.487 e. The SMILES string of the molecule is Cc1ccc(C)c(COc2ccc(Cl)nc2)c1. The van der Waals surface area contributed by atoms with Gasteiger partial charge in [-0.1, -0.05) is 35.4 Å². The molecule has 0 aliphatic rings. The number of hydrogen-bond donors (Lipinski definition) is 0. The summed E-state index contributed by atoms with van der Waals surface area (Å²) in [6.45, 7) is 4.71. The van der Waals surface area contributed by atoms with Crippen LogP contribution in [-0.4, -0.2) is 4.98 Å². The van der Waals surface area contributed by atoms with Crippen LogP contribution in [0.4, 0.5) is 0 Å². The van der Waals surface area contributed by atoms with Crippen molar-refractivity contribution >= 4 is 11.6 Å². The molecule has 0 fully saturated rings. The molecule has 0 N–H and O–H groups in total. The summed E-state index contributed by atoms with van der Waals surface area (Å²) in [6.07, 6.45) is 1.63. The smallest absolute Gasteiger partial charge is 0.138 e. The first-order valence-corrected chi connectivity index (χ1v) is 5.83. The lowest BCUT2D eigenvalue weighted by molar-refractivity contribution is 0.304. The third-order valence-corrected chi connectivity index (χ3v) is 2.82. The molecule has 0 unspecified atom stereocenters. The highest BCUT2D eigenvalue weighted by molar-refractivity contribution is 6.29. The van der Waals surface area contributed by atoms with Crippen LogP contribution in [-0.2, 0) is 6.61 Å².